The first-order valence-electron chi connectivity index (χ1n) is 3.79. The maximum absolute atomic E-state index is 11.6. The lowest BCUT2D eigenvalue weighted by Crippen LogP contribution is -2.14. The van der Waals surface area contributed by atoms with Crippen molar-refractivity contribution < 1.29 is 8.42 Å². The van der Waals surface area contributed by atoms with Crippen LogP contribution >= 0.6 is 11.6 Å². The van der Waals surface area contributed by atoms with Crippen LogP contribution in [0.15, 0.2) is 23.4 Å². The lowest BCUT2D eigenvalue weighted by molar-refractivity contribution is 0.587. The van der Waals surface area contributed by atoms with Gasteiger partial charge in [-0.25, -0.2) is 8.42 Å². The summed E-state index contributed by atoms with van der Waals surface area (Å²) >= 11 is 5.71. The molecule has 0 aliphatic carbocycles. The van der Waals surface area contributed by atoms with Gasteiger partial charge in [0, 0.05) is 12.4 Å². The van der Waals surface area contributed by atoms with Gasteiger partial charge in [-0.15, -0.1) is 0 Å². The SMILES string of the molecule is CC(C)S(=O)(=O)c1ccncc1Cl. The zero-order valence-electron chi connectivity index (χ0n) is 7.36. The fourth-order valence-electron chi connectivity index (χ4n) is 0.847. The van der Waals surface area contributed by atoms with Crippen LogP contribution in [0.25, 0.3) is 0 Å². The molecule has 72 valence electrons. The van der Waals surface area contributed by atoms with Gasteiger partial charge in [-0.1, -0.05) is 11.6 Å². The molecule has 0 aromatic carbocycles. The largest absolute Gasteiger partial charge is 0.263 e. The van der Waals surface area contributed by atoms with Gasteiger partial charge in [0.25, 0.3) is 0 Å². The maximum atomic E-state index is 11.6. The Labute approximate surface area is 82.7 Å². The average Bonchev–Trinajstić information content (AvgIpc) is 2.04. The summed E-state index contributed by atoms with van der Waals surface area (Å²) in [6.45, 7) is 3.23. The number of sulfone groups is 1. The van der Waals surface area contributed by atoms with Crippen LogP contribution in [0.4, 0.5) is 0 Å². The molecule has 0 aliphatic heterocycles. The third-order valence-electron chi connectivity index (χ3n) is 1.66. The number of hydrogen-bond donors (Lipinski definition) is 0. The molecule has 0 N–H and O–H groups in total. The molecular weight excluding hydrogens is 210 g/mol. The fourth-order valence-corrected chi connectivity index (χ4v) is 2.37. The first-order chi connectivity index (χ1) is 5.96. The summed E-state index contributed by atoms with van der Waals surface area (Å²) in [5.74, 6) is 0. The van der Waals surface area contributed by atoms with E-state index >= 15 is 0 Å². The van der Waals surface area contributed by atoms with Gasteiger partial charge in [-0.2, -0.15) is 0 Å². The Kier molecular flexibility index (Phi) is 2.93. The first-order valence-corrected chi connectivity index (χ1v) is 5.72. The van der Waals surface area contributed by atoms with Crippen molar-refractivity contribution in [1.82, 2.24) is 4.98 Å². The van der Waals surface area contributed by atoms with Gasteiger partial charge in [0.2, 0.25) is 0 Å². The Balaban J connectivity index is 3.32. The summed E-state index contributed by atoms with van der Waals surface area (Å²) in [5, 5.41) is -0.288. The highest BCUT2D eigenvalue weighted by Gasteiger charge is 2.21. The standard InChI is InChI=1S/C8H10ClNO2S/c1-6(2)13(11,12)8-3-4-10-5-7(8)9/h3-6H,1-2H3. The highest BCUT2D eigenvalue weighted by molar-refractivity contribution is 7.92. The summed E-state index contributed by atoms with van der Waals surface area (Å²) in [6.07, 6.45) is 2.75. The lowest BCUT2D eigenvalue weighted by Gasteiger charge is -2.08. The molecular formula is C8H10ClNO2S. The van der Waals surface area contributed by atoms with Gasteiger partial charge < -0.3 is 0 Å². The molecule has 0 saturated heterocycles. The van der Waals surface area contributed by atoms with E-state index in [-0.39, 0.29) is 9.92 Å². The fraction of sp³-hybridized carbons (Fsp3) is 0.375. The Morgan fingerprint density at radius 3 is 2.54 bits per heavy atom. The Bertz CT molecular complexity index is 400. The van der Waals surface area contributed by atoms with Crippen molar-refractivity contribution >= 4 is 21.4 Å². The Morgan fingerprint density at radius 2 is 2.08 bits per heavy atom. The van der Waals surface area contributed by atoms with Crippen LogP contribution in [0.2, 0.25) is 5.02 Å². The number of nitrogens with zero attached hydrogens (tertiary/aromatic N) is 1. The zero-order valence-corrected chi connectivity index (χ0v) is 8.93. The van der Waals surface area contributed by atoms with Crippen molar-refractivity contribution in [2.45, 2.75) is 24.0 Å². The molecule has 1 aromatic heterocycles. The third-order valence-corrected chi connectivity index (χ3v) is 4.29. The van der Waals surface area contributed by atoms with Gasteiger partial charge in [0.1, 0.15) is 0 Å². The number of pyridine rings is 1. The van der Waals surface area contributed by atoms with E-state index in [1.807, 2.05) is 0 Å². The summed E-state index contributed by atoms with van der Waals surface area (Å²) in [6, 6.07) is 1.41. The van der Waals surface area contributed by atoms with Gasteiger partial charge in [-0.3, -0.25) is 4.98 Å². The van der Waals surface area contributed by atoms with E-state index in [0.29, 0.717) is 0 Å². The molecule has 0 amide bonds. The van der Waals surface area contributed by atoms with Crippen molar-refractivity contribution in [3.63, 3.8) is 0 Å². The molecule has 1 heterocycles. The molecule has 0 unspecified atom stereocenters. The van der Waals surface area contributed by atoms with Crippen LogP contribution in [0.3, 0.4) is 0 Å². The van der Waals surface area contributed by atoms with E-state index < -0.39 is 15.1 Å². The molecule has 13 heavy (non-hydrogen) atoms. The van der Waals surface area contributed by atoms with E-state index in [0.717, 1.165) is 0 Å². The molecule has 0 spiro atoms. The summed E-state index contributed by atoms with van der Waals surface area (Å²) < 4.78 is 23.3. The Hall–Kier alpha value is -0.610. The number of hydrogen-bond acceptors (Lipinski definition) is 3. The minimum Gasteiger partial charge on any atom is -0.263 e. The monoisotopic (exact) mass is 219 g/mol. The summed E-state index contributed by atoms with van der Waals surface area (Å²) in [5.41, 5.74) is 0. The molecule has 0 saturated carbocycles. The second kappa shape index (κ2) is 3.64. The minimum atomic E-state index is -3.28. The normalized spacial score (nSPS) is 12.0. The smallest absolute Gasteiger partial charge is 0.182 e. The van der Waals surface area contributed by atoms with Gasteiger partial charge in [0.15, 0.2) is 9.84 Å². The van der Waals surface area contributed by atoms with E-state index in [4.69, 9.17) is 11.6 Å². The average molecular weight is 220 g/mol. The van der Waals surface area contributed by atoms with Crippen LogP contribution in [-0.4, -0.2) is 18.7 Å². The van der Waals surface area contributed by atoms with E-state index in [2.05, 4.69) is 4.98 Å². The predicted molar refractivity (Wildman–Crippen MR) is 51.6 cm³/mol. The highest BCUT2D eigenvalue weighted by Crippen LogP contribution is 2.23. The Morgan fingerprint density at radius 1 is 1.46 bits per heavy atom. The van der Waals surface area contributed by atoms with Crippen molar-refractivity contribution in [3.8, 4) is 0 Å². The van der Waals surface area contributed by atoms with Crippen LogP contribution in [0.1, 0.15) is 13.8 Å². The predicted octanol–water partition coefficient (Wildman–Crippen LogP) is 1.92. The first kappa shape index (κ1) is 10.5. The van der Waals surface area contributed by atoms with Crippen molar-refractivity contribution in [3.05, 3.63) is 23.5 Å². The second-order valence-electron chi connectivity index (χ2n) is 2.90. The highest BCUT2D eigenvalue weighted by atomic mass is 35.5. The number of halogens is 1. The van der Waals surface area contributed by atoms with Gasteiger partial charge in [0.05, 0.1) is 15.2 Å². The van der Waals surface area contributed by atoms with E-state index in [9.17, 15) is 8.42 Å². The number of aromatic nitrogens is 1. The van der Waals surface area contributed by atoms with Crippen LogP contribution in [0.5, 0.6) is 0 Å². The van der Waals surface area contributed by atoms with Crippen molar-refractivity contribution in [1.29, 1.82) is 0 Å². The third kappa shape index (κ3) is 2.00. The molecule has 1 rings (SSSR count). The zero-order chi connectivity index (χ0) is 10.1. The topological polar surface area (TPSA) is 47.0 Å². The molecule has 0 aliphatic rings. The lowest BCUT2D eigenvalue weighted by atomic mass is 10.5. The van der Waals surface area contributed by atoms with E-state index in [1.165, 1.54) is 18.5 Å². The summed E-state index contributed by atoms with van der Waals surface area (Å²) in [4.78, 5) is 3.87. The van der Waals surface area contributed by atoms with Crippen LogP contribution < -0.4 is 0 Å². The molecule has 3 nitrogen and oxygen atoms in total. The quantitative estimate of drug-likeness (QED) is 0.764. The molecule has 1 aromatic rings. The summed E-state index contributed by atoms with van der Waals surface area (Å²) in [7, 11) is -3.28. The van der Waals surface area contributed by atoms with Crippen LogP contribution in [-0.2, 0) is 9.84 Å². The van der Waals surface area contributed by atoms with Crippen molar-refractivity contribution in [2.75, 3.05) is 0 Å². The van der Waals surface area contributed by atoms with E-state index in [1.54, 1.807) is 13.8 Å². The van der Waals surface area contributed by atoms with Crippen molar-refractivity contribution in [2.24, 2.45) is 0 Å². The molecule has 0 atom stereocenters. The van der Waals surface area contributed by atoms with Gasteiger partial charge in [-0.05, 0) is 19.9 Å². The molecule has 5 heteroatoms. The van der Waals surface area contributed by atoms with Crippen LogP contribution in [0, 0.1) is 0 Å². The molecule has 0 bridgehead atoms. The number of rotatable bonds is 2. The molecule has 0 radical (unpaired) electrons. The van der Waals surface area contributed by atoms with Gasteiger partial charge >= 0.3 is 0 Å². The molecule has 0 fully saturated rings. The minimum absolute atomic E-state index is 0.152. The maximum Gasteiger partial charge on any atom is 0.182 e. The second-order valence-corrected chi connectivity index (χ2v) is 5.78.